The fourth-order valence-corrected chi connectivity index (χ4v) is 5.76. The van der Waals surface area contributed by atoms with Crippen molar-refractivity contribution in [1.82, 2.24) is 9.80 Å². The van der Waals surface area contributed by atoms with Crippen LogP contribution in [0, 0.1) is 11.8 Å². The van der Waals surface area contributed by atoms with Gasteiger partial charge in [-0.25, -0.2) is 4.79 Å². The van der Waals surface area contributed by atoms with Gasteiger partial charge in [-0.3, -0.25) is 0 Å². The highest BCUT2D eigenvalue weighted by molar-refractivity contribution is 5.69. The van der Waals surface area contributed by atoms with E-state index in [-0.39, 0.29) is 12.2 Å². The van der Waals surface area contributed by atoms with E-state index in [4.69, 9.17) is 4.74 Å². The van der Waals surface area contributed by atoms with Gasteiger partial charge in [0.1, 0.15) is 6.10 Å². The van der Waals surface area contributed by atoms with Crippen LogP contribution in [0.4, 0.5) is 4.79 Å². The molecule has 1 heterocycles. The molecule has 208 valence electrons. The molecule has 4 nitrogen and oxygen atoms in total. The minimum Gasteiger partial charge on any atom is -0.443 e. The largest absolute Gasteiger partial charge is 0.443 e. The molecule has 1 amide bonds. The van der Waals surface area contributed by atoms with E-state index in [0.717, 1.165) is 44.4 Å². The number of ether oxygens (including phenoxy) is 1. The summed E-state index contributed by atoms with van der Waals surface area (Å²) in [5.41, 5.74) is 0. The van der Waals surface area contributed by atoms with E-state index in [9.17, 15) is 4.79 Å². The zero-order chi connectivity index (χ0) is 25.7. The summed E-state index contributed by atoms with van der Waals surface area (Å²) < 4.78 is 5.78. The molecule has 1 fully saturated rings. The predicted molar refractivity (Wildman–Crippen MR) is 152 cm³/mol. The molecule has 0 aromatic carbocycles. The van der Waals surface area contributed by atoms with Crippen LogP contribution in [-0.4, -0.2) is 55.2 Å². The van der Waals surface area contributed by atoms with Gasteiger partial charge in [0.15, 0.2) is 0 Å². The summed E-state index contributed by atoms with van der Waals surface area (Å²) in [6.45, 7) is 12.8. The van der Waals surface area contributed by atoms with Crippen LogP contribution in [-0.2, 0) is 4.74 Å². The van der Waals surface area contributed by atoms with Gasteiger partial charge in [-0.1, -0.05) is 118 Å². The van der Waals surface area contributed by atoms with Gasteiger partial charge in [0, 0.05) is 19.6 Å². The first-order chi connectivity index (χ1) is 17.0. The molecule has 4 heteroatoms. The number of unbranched alkanes of at least 4 members (excludes halogenated alkanes) is 8. The first-order valence-electron chi connectivity index (χ1n) is 15.7. The van der Waals surface area contributed by atoms with E-state index >= 15 is 0 Å². The maximum absolute atomic E-state index is 12.5. The number of nitrogens with zero attached hydrogens (tertiary/aromatic N) is 2. The number of carbonyl (C=O) groups excluding carboxylic acids is 1. The third kappa shape index (κ3) is 15.8. The van der Waals surface area contributed by atoms with E-state index in [2.05, 4.69) is 39.6 Å². The Morgan fingerprint density at radius 2 is 1.26 bits per heavy atom. The van der Waals surface area contributed by atoms with Gasteiger partial charge in [0.05, 0.1) is 6.54 Å². The molecule has 1 aliphatic heterocycles. The summed E-state index contributed by atoms with van der Waals surface area (Å²) >= 11 is 0. The van der Waals surface area contributed by atoms with Crippen LogP contribution >= 0.6 is 0 Å². The van der Waals surface area contributed by atoms with Gasteiger partial charge in [-0.2, -0.15) is 0 Å². The molecular weight excluding hydrogens is 432 g/mol. The Balaban J connectivity index is 2.39. The van der Waals surface area contributed by atoms with Crippen LogP contribution < -0.4 is 0 Å². The van der Waals surface area contributed by atoms with Gasteiger partial charge in [-0.05, 0) is 44.6 Å². The Labute approximate surface area is 219 Å². The lowest BCUT2D eigenvalue weighted by Gasteiger charge is -2.25. The van der Waals surface area contributed by atoms with Crippen molar-refractivity contribution >= 4 is 6.09 Å². The number of hydrogen-bond acceptors (Lipinski definition) is 3. The molecule has 35 heavy (non-hydrogen) atoms. The topological polar surface area (TPSA) is 32.8 Å². The molecule has 0 saturated carbocycles. The van der Waals surface area contributed by atoms with E-state index in [1.807, 2.05) is 4.90 Å². The SMILES string of the molecule is CCCCCCC(CCCCC)CCCN1C[C@H](CN(C)CC(CCCC)CCCCC)OC1=O. The highest BCUT2D eigenvalue weighted by atomic mass is 16.6. The minimum atomic E-state index is -0.0839. The Hall–Kier alpha value is -0.770. The standard InChI is InChI=1S/C31H62N2O2/c1-6-10-14-17-21-28(20-15-11-7-2)23-18-24-33-27-30(35-31(33)34)26-32(5)25-29(19-13-9-4)22-16-12-8-3/h28-30H,6-27H2,1-5H3/t28?,29?,30-/m0/s1. The number of carbonyl (C=O) groups is 1. The molecule has 0 bridgehead atoms. The van der Waals surface area contributed by atoms with Crippen molar-refractivity contribution in [2.45, 2.75) is 149 Å². The van der Waals surface area contributed by atoms with Crippen LogP contribution in [0.3, 0.4) is 0 Å². The molecule has 0 N–H and O–H groups in total. The molecule has 1 saturated heterocycles. The zero-order valence-electron chi connectivity index (χ0n) is 24.5. The van der Waals surface area contributed by atoms with Crippen molar-refractivity contribution in [2.75, 3.05) is 33.2 Å². The lowest BCUT2D eigenvalue weighted by atomic mass is 9.90. The molecule has 2 unspecified atom stereocenters. The third-order valence-electron chi connectivity index (χ3n) is 7.94. The molecule has 0 aromatic rings. The molecule has 3 atom stereocenters. The average molecular weight is 495 g/mol. The quantitative estimate of drug-likeness (QED) is 0.125. The predicted octanol–water partition coefficient (Wildman–Crippen LogP) is 9.07. The Kier molecular flexibility index (Phi) is 19.7. The summed E-state index contributed by atoms with van der Waals surface area (Å²) in [4.78, 5) is 16.9. The summed E-state index contributed by atoms with van der Waals surface area (Å²) in [5.74, 6) is 1.62. The normalized spacial score (nSPS) is 17.8. The van der Waals surface area contributed by atoms with E-state index < -0.39 is 0 Å². The van der Waals surface area contributed by atoms with Crippen LogP contribution in [0.15, 0.2) is 0 Å². The fourth-order valence-electron chi connectivity index (χ4n) is 5.76. The monoisotopic (exact) mass is 494 g/mol. The summed E-state index contributed by atoms with van der Waals surface area (Å²) in [6, 6.07) is 0. The second-order valence-electron chi connectivity index (χ2n) is 11.5. The lowest BCUT2D eigenvalue weighted by Crippen LogP contribution is -2.35. The average Bonchev–Trinajstić information content (AvgIpc) is 3.18. The smallest absolute Gasteiger partial charge is 0.410 e. The Bertz CT molecular complexity index is 498. The summed E-state index contributed by atoms with van der Waals surface area (Å²) in [6.07, 6.45) is 23.8. The van der Waals surface area contributed by atoms with Gasteiger partial charge < -0.3 is 14.5 Å². The fraction of sp³-hybridized carbons (Fsp3) is 0.968. The second kappa shape index (κ2) is 21.3. The van der Waals surface area contributed by atoms with Gasteiger partial charge in [0.2, 0.25) is 0 Å². The molecule has 0 spiro atoms. The van der Waals surface area contributed by atoms with Crippen molar-refractivity contribution in [3.63, 3.8) is 0 Å². The zero-order valence-corrected chi connectivity index (χ0v) is 24.5. The van der Waals surface area contributed by atoms with E-state index in [1.165, 1.54) is 109 Å². The number of likely N-dealkylation sites (N-methyl/N-ethyl adjacent to an activating group) is 1. The molecule has 0 aromatic heterocycles. The van der Waals surface area contributed by atoms with Crippen LogP contribution in [0.1, 0.15) is 143 Å². The molecular formula is C31H62N2O2. The third-order valence-corrected chi connectivity index (χ3v) is 7.94. The maximum atomic E-state index is 12.5. The molecule has 1 aliphatic rings. The molecule has 1 rings (SSSR count). The van der Waals surface area contributed by atoms with Crippen LogP contribution in [0.2, 0.25) is 0 Å². The van der Waals surface area contributed by atoms with E-state index in [0.29, 0.717) is 0 Å². The summed E-state index contributed by atoms with van der Waals surface area (Å²) in [7, 11) is 2.22. The van der Waals surface area contributed by atoms with Gasteiger partial charge in [-0.15, -0.1) is 0 Å². The summed E-state index contributed by atoms with van der Waals surface area (Å²) in [5, 5.41) is 0. The van der Waals surface area contributed by atoms with Gasteiger partial charge in [0.25, 0.3) is 0 Å². The van der Waals surface area contributed by atoms with Crippen molar-refractivity contribution in [2.24, 2.45) is 11.8 Å². The van der Waals surface area contributed by atoms with Crippen molar-refractivity contribution in [3.05, 3.63) is 0 Å². The highest BCUT2D eigenvalue weighted by Crippen LogP contribution is 2.24. The Morgan fingerprint density at radius 1 is 0.743 bits per heavy atom. The number of rotatable bonds is 24. The lowest BCUT2D eigenvalue weighted by molar-refractivity contribution is 0.107. The number of hydrogen-bond donors (Lipinski definition) is 0. The first kappa shape index (κ1) is 32.3. The maximum Gasteiger partial charge on any atom is 0.410 e. The van der Waals surface area contributed by atoms with Crippen molar-refractivity contribution < 1.29 is 9.53 Å². The number of cyclic esters (lactones) is 1. The van der Waals surface area contributed by atoms with Crippen molar-refractivity contribution in [3.8, 4) is 0 Å². The Morgan fingerprint density at radius 3 is 1.89 bits per heavy atom. The first-order valence-corrected chi connectivity index (χ1v) is 15.7. The second-order valence-corrected chi connectivity index (χ2v) is 11.5. The van der Waals surface area contributed by atoms with E-state index in [1.54, 1.807) is 0 Å². The molecule has 0 aliphatic carbocycles. The number of amides is 1. The van der Waals surface area contributed by atoms with Crippen LogP contribution in [0.5, 0.6) is 0 Å². The highest BCUT2D eigenvalue weighted by Gasteiger charge is 2.31. The van der Waals surface area contributed by atoms with Gasteiger partial charge >= 0.3 is 6.09 Å². The van der Waals surface area contributed by atoms with Crippen molar-refractivity contribution in [1.29, 1.82) is 0 Å². The van der Waals surface area contributed by atoms with Crippen LogP contribution in [0.25, 0.3) is 0 Å². The minimum absolute atomic E-state index is 0.0318. The molecule has 0 radical (unpaired) electrons.